The van der Waals surface area contributed by atoms with Gasteiger partial charge in [0.05, 0.1) is 14.2 Å². The predicted molar refractivity (Wildman–Crippen MR) is 80.8 cm³/mol. The summed E-state index contributed by atoms with van der Waals surface area (Å²) >= 11 is 1.37. The Kier molecular flexibility index (Phi) is 3.85. The summed E-state index contributed by atoms with van der Waals surface area (Å²) in [5, 5.41) is 3.38. The quantitative estimate of drug-likeness (QED) is 0.943. The average molecular weight is 294 g/mol. The molecule has 0 radical (unpaired) electrons. The van der Waals surface area contributed by atoms with E-state index >= 15 is 0 Å². The molecular weight excluding hydrogens is 276 g/mol. The van der Waals surface area contributed by atoms with E-state index in [9.17, 15) is 4.79 Å². The van der Waals surface area contributed by atoms with E-state index in [0.29, 0.717) is 16.4 Å². The molecule has 0 aliphatic rings. The van der Waals surface area contributed by atoms with Crippen LogP contribution < -0.4 is 14.8 Å². The number of hydrogen-bond donors (Lipinski definition) is 1. The molecule has 6 heteroatoms. The van der Waals surface area contributed by atoms with Crippen molar-refractivity contribution < 1.29 is 14.3 Å². The average Bonchev–Trinajstić information content (AvgIpc) is 2.79. The van der Waals surface area contributed by atoms with Crippen LogP contribution in [0.5, 0.6) is 11.5 Å². The number of methoxy groups -OCH3 is 2. The van der Waals surface area contributed by atoms with Crippen LogP contribution in [0.4, 0.5) is 5.13 Å². The maximum absolute atomic E-state index is 12.0. The highest BCUT2D eigenvalue weighted by Gasteiger charge is 2.23. The highest BCUT2D eigenvalue weighted by molar-refractivity contribution is 7.22. The number of aromatic nitrogens is 1. The van der Waals surface area contributed by atoms with Gasteiger partial charge in [-0.05, 0) is 12.1 Å². The third-order valence-electron chi connectivity index (χ3n) is 2.81. The van der Waals surface area contributed by atoms with Crippen LogP contribution in [-0.2, 0) is 4.79 Å². The summed E-state index contributed by atoms with van der Waals surface area (Å²) in [5.41, 5.74) is 0.229. The second-order valence-electron chi connectivity index (χ2n) is 5.37. The number of ether oxygens (including phenoxy) is 2. The van der Waals surface area contributed by atoms with Gasteiger partial charge in [-0.2, -0.15) is 0 Å². The lowest BCUT2D eigenvalue weighted by Crippen LogP contribution is -2.27. The maximum Gasteiger partial charge on any atom is 0.231 e. The molecular formula is C14H18N2O3S. The lowest BCUT2D eigenvalue weighted by molar-refractivity contribution is -0.123. The van der Waals surface area contributed by atoms with E-state index in [4.69, 9.17) is 9.47 Å². The smallest absolute Gasteiger partial charge is 0.231 e. The Labute approximate surface area is 121 Å². The molecule has 1 heterocycles. The van der Waals surface area contributed by atoms with Crippen molar-refractivity contribution in [1.29, 1.82) is 0 Å². The molecule has 0 saturated carbocycles. The SMILES string of the molecule is COc1ccc(OC)c2sc(NC(=O)C(C)(C)C)nc12. The zero-order valence-corrected chi connectivity index (χ0v) is 13.1. The van der Waals surface area contributed by atoms with Crippen LogP contribution >= 0.6 is 11.3 Å². The van der Waals surface area contributed by atoms with Crippen LogP contribution in [0.15, 0.2) is 12.1 Å². The molecule has 0 aliphatic heterocycles. The summed E-state index contributed by atoms with van der Waals surface area (Å²) in [6.07, 6.45) is 0. The molecule has 2 aromatic rings. The Morgan fingerprint density at radius 1 is 1.20 bits per heavy atom. The van der Waals surface area contributed by atoms with E-state index in [0.717, 1.165) is 10.4 Å². The highest BCUT2D eigenvalue weighted by Crippen LogP contribution is 2.39. The Bertz CT molecular complexity index is 603. The first-order valence-corrected chi connectivity index (χ1v) is 7.01. The number of anilines is 1. The fourth-order valence-corrected chi connectivity index (χ4v) is 2.59. The maximum atomic E-state index is 12.0. The van der Waals surface area contributed by atoms with Gasteiger partial charge >= 0.3 is 0 Å². The minimum Gasteiger partial charge on any atom is -0.495 e. The Morgan fingerprint density at radius 2 is 1.80 bits per heavy atom. The van der Waals surface area contributed by atoms with Crippen molar-refractivity contribution >= 4 is 32.6 Å². The minimum absolute atomic E-state index is 0.0745. The lowest BCUT2D eigenvalue weighted by atomic mass is 9.96. The van der Waals surface area contributed by atoms with Gasteiger partial charge in [0, 0.05) is 5.41 Å². The number of carbonyl (C=O) groups is 1. The van der Waals surface area contributed by atoms with Crippen LogP contribution in [-0.4, -0.2) is 25.1 Å². The number of fused-ring (bicyclic) bond motifs is 1. The molecule has 0 saturated heterocycles. The second-order valence-corrected chi connectivity index (χ2v) is 6.37. The number of benzene rings is 1. The zero-order chi connectivity index (χ0) is 14.9. The topological polar surface area (TPSA) is 60.5 Å². The summed E-state index contributed by atoms with van der Waals surface area (Å²) in [7, 11) is 3.20. The monoisotopic (exact) mass is 294 g/mol. The van der Waals surface area contributed by atoms with E-state index in [-0.39, 0.29) is 5.91 Å². The van der Waals surface area contributed by atoms with Crippen molar-refractivity contribution in [3.8, 4) is 11.5 Å². The number of nitrogens with one attached hydrogen (secondary N) is 1. The van der Waals surface area contributed by atoms with Crippen molar-refractivity contribution in [1.82, 2.24) is 4.98 Å². The Hall–Kier alpha value is -1.82. The Balaban J connectivity index is 2.45. The third kappa shape index (κ3) is 2.70. The number of thiazole rings is 1. The minimum atomic E-state index is -0.466. The first-order chi connectivity index (χ1) is 9.36. The number of carbonyl (C=O) groups excluding carboxylic acids is 1. The molecule has 0 atom stereocenters. The van der Waals surface area contributed by atoms with Crippen molar-refractivity contribution in [3.05, 3.63) is 12.1 Å². The molecule has 0 bridgehead atoms. The molecule has 0 spiro atoms. The Morgan fingerprint density at radius 3 is 2.35 bits per heavy atom. The highest BCUT2D eigenvalue weighted by atomic mass is 32.1. The summed E-state index contributed by atoms with van der Waals surface area (Å²) in [4.78, 5) is 16.4. The third-order valence-corrected chi connectivity index (χ3v) is 3.80. The molecule has 1 aromatic heterocycles. The largest absolute Gasteiger partial charge is 0.495 e. The molecule has 1 N–H and O–H groups in total. The van der Waals surface area contributed by atoms with Gasteiger partial charge in [0.15, 0.2) is 5.13 Å². The van der Waals surface area contributed by atoms with Crippen molar-refractivity contribution in [3.63, 3.8) is 0 Å². The molecule has 20 heavy (non-hydrogen) atoms. The normalized spacial score (nSPS) is 11.4. The van der Waals surface area contributed by atoms with Gasteiger partial charge in [0.25, 0.3) is 0 Å². The number of rotatable bonds is 3. The van der Waals surface area contributed by atoms with Gasteiger partial charge < -0.3 is 14.8 Å². The molecule has 1 amide bonds. The standard InChI is InChI=1S/C14H18N2O3S/c1-14(2,3)12(17)16-13-15-10-8(18-4)6-7-9(19-5)11(10)20-13/h6-7H,1-5H3,(H,15,16,17). The summed E-state index contributed by atoms with van der Waals surface area (Å²) in [5.74, 6) is 1.30. The van der Waals surface area contributed by atoms with Crippen LogP contribution in [0.3, 0.4) is 0 Å². The van der Waals surface area contributed by atoms with Crippen molar-refractivity contribution in [2.45, 2.75) is 20.8 Å². The van der Waals surface area contributed by atoms with E-state index < -0.39 is 5.41 Å². The molecule has 2 rings (SSSR count). The van der Waals surface area contributed by atoms with Crippen LogP contribution in [0, 0.1) is 5.41 Å². The fourth-order valence-electron chi connectivity index (χ4n) is 1.62. The van der Waals surface area contributed by atoms with Gasteiger partial charge in [-0.15, -0.1) is 0 Å². The van der Waals surface area contributed by atoms with Crippen molar-refractivity contribution in [2.24, 2.45) is 5.41 Å². The molecule has 0 unspecified atom stereocenters. The first-order valence-electron chi connectivity index (χ1n) is 6.20. The summed E-state index contributed by atoms with van der Waals surface area (Å²) < 4.78 is 11.5. The number of hydrogen-bond acceptors (Lipinski definition) is 5. The van der Waals surface area contributed by atoms with E-state index in [1.807, 2.05) is 26.8 Å². The van der Waals surface area contributed by atoms with E-state index in [1.165, 1.54) is 11.3 Å². The van der Waals surface area contributed by atoms with Gasteiger partial charge in [-0.1, -0.05) is 32.1 Å². The first kappa shape index (κ1) is 14.6. The zero-order valence-electron chi connectivity index (χ0n) is 12.2. The molecule has 108 valence electrons. The molecule has 1 aromatic carbocycles. The van der Waals surface area contributed by atoms with E-state index in [2.05, 4.69) is 10.3 Å². The summed E-state index contributed by atoms with van der Waals surface area (Å²) in [6.45, 7) is 5.57. The lowest BCUT2D eigenvalue weighted by Gasteiger charge is -2.15. The van der Waals surface area contributed by atoms with Crippen molar-refractivity contribution in [2.75, 3.05) is 19.5 Å². The second kappa shape index (κ2) is 5.28. The number of amides is 1. The molecule has 5 nitrogen and oxygen atoms in total. The van der Waals surface area contributed by atoms with Gasteiger partial charge in [-0.3, -0.25) is 4.79 Å². The number of nitrogens with zero attached hydrogens (tertiary/aromatic N) is 1. The van der Waals surface area contributed by atoms with Crippen LogP contribution in [0.2, 0.25) is 0 Å². The summed E-state index contributed by atoms with van der Waals surface area (Å²) in [6, 6.07) is 3.63. The van der Waals surface area contributed by atoms with Crippen LogP contribution in [0.1, 0.15) is 20.8 Å². The van der Waals surface area contributed by atoms with E-state index in [1.54, 1.807) is 20.3 Å². The van der Waals surface area contributed by atoms with Crippen LogP contribution in [0.25, 0.3) is 10.2 Å². The van der Waals surface area contributed by atoms with Gasteiger partial charge in [0.2, 0.25) is 5.91 Å². The fraction of sp³-hybridized carbons (Fsp3) is 0.429. The van der Waals surface area contributed by atoms with Gasteiger partial charge in [0.1, 0.15) is 21.7 Å². The molecule has 0 aliphatic carbocycles. The predicted octanol–water partition coefficient (Wildman–Crippen LogP) is 3.30. The molecule has 0 fully saturated rings. The van der Waals surface area contributed by atoms with Gasteiger partial charge in [-0.25, -0.2) is 4.98 Å².